The molecule has 1 aromatic carbocycles. The Kier molecular flexibility index (Phi) is 6.78. The summed E-state index contributed by atoms with van der Waals surface area (Å²) in [5, 5.41) is 2.94. The Balaban J connectivity index is 2.40. The first-order chi connectivity index (χ1) is 8.27. The first kappa shape index (κ1) is 14.1. The monoisotopic (exact) mass is 251 g/mol. The minimum Gasteiger partial charge on any atom is -0.352 e. The molecule has 94 valence electrons. The molecule has 0 aromatic heterocycles. The van der Waals surface area contributed by atoms with Crippen molar-refractivity contribution in [2.24, 2.45) is 0 Å². The van der Waals surface area contributed by atoms with E-state index >= 15 is 0 Å². The van der Waals surface area contributed by atoms with Crippen LogP contribution in [-0.4, -0.2) is 18.7 Å². The molecule has 1 N–H and O–H groups in total. The average molecular weight is 251 g/mol. The maximum absolute atomic E-state index is 11.8. The van der Waals surface area contributed by atoms with Crippen LogP contribution in [-0.2, 0) is 5.75 Å². The summed E-state index contributed by atoms with van der Waals surface area (Å²) in [6.07, 6.45) is 5.49. The van der Waals surface area contributed by atoms with Crippen molar-refractivity contribution in [1.82, 2.24) is 5.32 Å². The lowest BCUT2D eigenvalue weighted by Gasteiger charge is -2.05. The van der Waals surface area contributed by atoms with Crippen LogP contribution in [0.3, 0.4) is 0 Å². The molecule has 0 bridgehead atoms. The Morgan fingerprint density at radius 3 is 2.53 bits per heavy atom. The minimum atomic E-state index is 0.0387. The number of benzene rings is 1. The summed E-state index contributed by atoms with van der Waals surface area (Å²) in [5.74, 6) is 1.04. The van der Waals surface area contributed by atoms with E-state index in [1.807, 2.05) is 24.3 Å². The number of carbonyl (C=O) groups excluding carboxylic acids is 1. The van der Waals surface area contributed by atoms with Crippen molar-refractivity contribution in [2.45, 2.75) is 31.9 Å². The molecule has 0 saturated heterocycles. The van der Waals surface area contributed by atoms with Crippen LogP contribution in [0.2, 0.25) is 0 Å². The second-order valence-electron chi connectivity index (χ2n) is 4.09. The van der Waals surface area contributed by atoms with Gasteiger partial charge in [-0.1, -0.05) is 31.9 Å². The smallest absolute Gasteiger partial charge is 0.251 e. The number of unbranched alkanes of at least 4 members (excludes halogenated alkanes) is 2. The van der Waals surface area contributed by atoms with Crippen LogP contribution >= 0.6 is 11.8 Å². The van der Waals surface area contributed by atoms with E-state index in [1.54, 1.807) is 11.8 Å². The van der Waals surface area contributed by atoms with Gasteiger partial charge in [-0.25, -0.2) is 0 Å². The zero-order valence-electron chi connectivity index (χ0n) is 10.7. The highest BCUT2D eigenvalue weighted by Gasteiger charge is 2.03. The molecule has 0 atom stereocenters. The fourth-order valence-corrected chi connectivity index (χ4v) is 2.12. The summed E-state index contributed by atoms with van der Waals surface area (Å²) >= 11 is 1.79. The number of rotatable bonds is 7. The van der Waals surface area contributed by atoms with Crippen LogP contribution in [0.1, 0.15) is 42.1 Å². The van der Waals surface area contributed by atoms with Crippen molar-refractivity contribution in [3.63, 3.8) is 0 Å². The summed E-state index contributed by atoms with van der Waals surface area (Å²) < 4.78 is 0. The van der Waals surface area contributed by atoms with Crippen molar-refractivity contribution >= 4 is 17.7 Å². The van der Waals surface area contributed by atoms with Gasteiger partial charge in [0.15, 0.2) is 0 Å². The normalized spacial score (nSPS) is 10.2. The average Bonchev–Trinajstić information content (AvgIpc) is 2.36. The lowest BCUT2D eigenvalue weighted by molar-refractivity contribution is 0.0953. The number of thioether (sulfide) groups is 1. The molecule has 0 aliphatic heterocycles. The largest absolute Gasteiger partial charge is 0.352 e. The molecule has 1 amide bonds. The zero-order chi connectivity index (χ0) is 12.5. The van der Waals surface area contributed by atoms with Gasteiger partial charge >= 0.3 is 0 Å². The minimum absolute atomic E-state index is 0.0387. The van der Waals surface area contributed by atoms with Crippen molar-refractivity contribution in [1.29, 1.82) is 0 Å². The fraction of sp³-hybridized carbons (Fsp3) is 0.500. The second-order valence-corrected chi connectivity index (χ2v) is 4.96. The van der Waals surface area contributed by atoms with Crippen LogP contribution in [0.15, 0.2) is 24.3 Å². The van der Waals surface area contributed by atoms with E-state index < -0.39 is 0 Å². The first-order valence-electron chi connectivity index (χ1n) is 6.14. The third-order valence-electron chi connectivity index (χ3n) is 2.59. The summed E-state index contributed by atoms with van der Waals surface area (Å²) in [5.41, 5.74) is 2.02. The van der Waals surface area contributed by atoms with Gasteiger partial charge in [-0.3, -0.25) is 4.79 Å². The van der Waals surface area contributed by atoms with E-state index in [9.17, 15) is 4.79 Å². The Morgan fingerprint density at radius 2 is 1.94 bits per heavy atom. The van der Waals surface area contributed by atoms with Gasteiger partial charge in [-0.05, 0) is 30.4 Å². The molecule has 0 heterocycles. The quantitative estimate of drug-likeness (QED) is 0.752. The third-order valence-corrected chi connectivity index (χ3v) is 3.22. The lowest BCUT2D eigenvalue weighted by atomic mass is 10.1. The van der Waals surface area contributed by atoms with Gasteiger partial charge in [0.05, 0.1) is 0 Å². The molecule has 0 aliphatic rings. The summed E-state index contributed by atoms with van der Waals surface area (Å²) in [6.45, 7) is 2.94. The van der Waals surface area contributed by atoms with Crippen LogP contribution in [0.4, 0.5) is 0 Å². The van der Waals surface area contributed by atoms with Crippen LogP contribution in [0, 0.1) is 0 Å². The topological polar surface area (TPSA) is 29.1 Å². The summed E-state index contributed by atoms with van der Waals surface area (Å²) in [7, 11) is 0. The van der Waals surface area contributed by atoms with E-state index in [2.05, 4.69) is 18.5 Å². The molecule has 1 rings (SSSR count). The molecule has 1 aromatic rings. The van der Waals surface area contributed by atoms with E-state index in [1.165, 1.54) is 18.4 Å². The van der Waals surface area contributed by atoms with E-state index in [0.29, 0.717) is 0 Å². The molecule has 0 unspecified atom stereocenters. The summed E-state index contributed by atoms with van der Waals surface area (Å²) in [4.78, 5) is 11.8. The maximum Gasteiger partial charge on any atom is 0.251 e. The van der Waals surface area contributed by atoms with Crippen LogP contribution in [0.5, 0.6) is 0 Å². The van der Waals surface area contributed by atoms with Crippen molar-refractivity contribution in [2.75, 3.05) is 12.8 Å². The molecule has 0 saturated carbocycles. The van der Waals surface area contributed by atoms with Gasteiger partial charge in [-0.15, -0.1) is 0 Å². The van der Waals surface area contributed by atoms with E-state index in [0.717, 1.165) is 24.3 Å². The first-order valence-corrected chi connectivity index (χ1v) is 7.53. The van der Waals surface area contributed by atoms with Gasteiger partial charge in [0.2, 0.25) is 0 Å². The predicted octanol–water partition coefficient (Wildman–Crippen LogP) is 3.47. The number of carbonyl (C=O) groups is 1. The Morgan fingerprint density at radius 1 is 1.24 bits per heavy atom. The molecule has 0 radical (unpaired) electrons. The van der Waals surface area contributed by atoms with Crippen molar-refractivity contribution < 1.29 is 4.79 Å². The number of hydrogen-bond donors (Lipinski definition) is 1. The molecule has 17 heavy (non-hydrogen) atoms. The Bertz CT molecular complexity index is 335. The highest BCUT2D eigenvalue weighted by molar-refractivity contribution is 7.97. The summed E-state index contributed by atoms with van der Waals surface area (Å²) in [6, 6.07) is 7.86. The third kappa shape index (κ3) is 5.26. The van der Waals surface area contributed by atoms with Crippen LogP contribution in [0.25, 0.3) is 0 Å². The lowest BCUT2D eigenvalue weighted by Crippen LogP contribution is -2.24. The van der Waals surface area contributed by atoms with Gasteiger partial charge in [-0.2, -0.15) is 11.8 Å². The van der Waals surface area contributed by atoms with Crippen LogP contribution < -0.4 is 5.32 Å². The molecular formula is C14H21NOS. The SMILES string of the molecule is CCCCCNC(=O)c1ccc(CSC)cc1. The zero-order valence-corrected chi connectivity index (χ0v) is 11.5. The van der Waals surface area contributed by atoms with Gasteiger partial charge < -0.3 is 5.32 Å². The Hall–Kier alpha value is -0.960. The van der Waals surface area contributed by atoms with Crippen molar-refractivity contribution in [3.05, 3.63) is 35.4 Å². The number of amides is 1. The molecule has 0 aliphatic carbocycles. The van der Waals surface area contributed by atoms with Crippen molar-refractivity contribution in [3.8, 4) is 0 Å². The molecule has 3 heteroatoms. The molecule has 2 nitrogen and oxygen atoms in total. The molecule has 0 spiro atoms. The second kappa shape index (κ2) is 8.18. The Labute approximate surface area is 108 Å². The predicted molar refractivity (Wildman–Crippen MR) is 75.5 cm³/mol. The van der Waals surface area contributed by atoms with E-state index in [-0.39, 0.29) is 5.91 Å². The molecular weight excluding hydrogens is 230 g/mol. The fourth-order valence-electron chi connectivity index (χ4n) is 1.60. The maximum atomic E-state index is 11.8. The van der Waals surface area contributed by atoms with E-state index in [4.69, 9.17) is 0 Å². The molecule has 0 fully saturated rings. The highest BCUT2D eigenvalue weighted by atomic mass is 32.2. The van der Waals surface area contributed by atoms with Gasteiger partial charge in [0.1, 0.15) is 0 Å². The highest BCUT2D eigenvalue weighted by Crippen LogP contribution is 2.10. The standard InChI is InChI=1S/C14H21NOS/c1-3-4-5-10-15-14(16)13-8-6-12(7-9-13)11-17-2/h6-9H,3-5,10-11H2,1-2H3,(H,15,16). The number of hydrogen-bond acceptors (Lipinski definition) is 2. The van der Waals surface area contributed by atoms with Gasteiger partial charge in [0, 0.05) is 17.9 Å². The number of nitrogens with one attached hydrogen (secondary N) is 1. The van der Waals surface area contributed by atoms with Gasteiger partial charge in [0.25, 0.3) is 5.91 Å².